The van der Waals surface area contributed by atoms with E-state index in [4.69, 9.17) is 0 Å². The van der Waals surface area contributed by atoms with E-state index in [1.807, 2.05) is 12.4 Å². The van der Waals surface area contributed by atoms with Crippen molar-refractivity contribution in [3.05, 3.63) is 18.5 Å². The molecule has 0 radical (unpaired) electrons. The van der Waals surface area contributed by atoms with Crippen LogP contribution in [0.4, 0.5) is 11.4 Å². The lowest BCUT2D eigenvalue weighted by Crippen LogP contribution is -2.30. The Labute approximate surface area is 116 Å². The van der Waals surface area contributed by atoms with Crippen LogP contribution >= 0.6 is 0 Å². The third kappa shape index (κ3) is 4.71. The number of nitrogens with zero attached hydrogens (tertiary/aromatic N) is 2. The zero-order valence-corrected chi connectivity index (χ0v) is 12.2. The van der Waals surface area contributed by atoms with Crippen LogP contribution in [-0.4, -0.2) is 43.1 Å². The molecule has 0 saturated carbocycles. The Morgan fingerprint density at radius 1 is 1.21 bits per heavy atom. The normalized spacial score (nSPS) is 17.4. The van der Waals surface area contributed by atoms with Crippen molar-refractivity contribution in [3.63, 3.8) is 0 Å². The predicted molar refractivity (Wildman–Crippen MR) is 81.7 cm³/mol. The van der Waals surface area contributed by atoms with Crippen LogP contribution in [0.5, 0.6) is 0 Å². The molecule has 1 aliphatic rings. The van der Waals surface area contributed by atoms with Crippen molar-refractivity contribution in [3.8, 4) is 0 Å². The maximum atomic E-state index is 4.25. The minimum absolute atomic E-state index is 0.883. The number of pyridine rings is 1. The van der Waals surface area contributed by atoms with Crippen molar-refractivity contribution in [2.75, 3.05) is 43.9 Å². The van der Waals surface area contributed by atoms with Gasteiger partial charge in [0.2, 0.25) is 0 Å². The highest BCUT2D eigenvalue weighted by atomic mass is 15.1. The number of hydrogen-bond donors (Lipinski definition) is 2. The minimum atomic E-state index is 0.883. The molecular formula is C15H26N4. The molecule has 2 rings (SSSR count). The van der Waals surface area contributed by atoms with Gasteiger partial charge in [-0.05, 0) is 58.3 Å². The van der Waals surface area contributed by atoms with Crippen LogP contribution in [-0.2, 0) is 0 Å². The van der Waals surface area contributed by atoms with Crippen LogP contribution in [0, 0.1) is 5.92 Å². The number of nitrogens with one attached hydrogen (secondary N) is 2. The van der Waals surface area contributed by atoms with Crippen LogP contribution in [0.2, 0.25) is 0 Å². The SMILES string of the molecule is CCNc1cncc(NCCC2CCN(C)CC2)c1. The molecule has 1 aromatic heterocycles. The zero-order chi connectivity index (χ0) is 13.5. The quantitative estimate of drug-likeness (QED) is 0.827. The van der Waals surface area contributed by atoms with Gasteiger partial charge in [-0.3, -0.25) is 4.98 Å². The monoisotopic (exact) mass is 262 g/mol. The van der Waals surface area contributed by atoms with Crippen LogP contribution in [0.25, 0.3) is 0 Å². The molecule has 1 aromatic rings. The highest BCUT2D eigenvalue weighted by molar-refractivity contribution is 5.53. The van der Waals surface area contributed by atoms with E-state index in [0.29, 0.717) is 0 Å². The van der Waals surface area contributed by atoms with Crippen LogP contribution in [0.1, 0.15) is 26.2 Å². The van der Waals surface area contributed by atoms with Crippen molar-refractivity contribution < 1.29 is 0 Å². The van der Waals surface area contributed by atoms with Gasteiger partial charge in [0.25, 0.3) is 0 Å². The van der Waals surface area contributed by atoms with Crippen molar-refractivity contribution >= 4 is 11.4 Å². The Morgan fingerprint density at radius 2 is 1.89 bits per heavy atom. The third-order valence-electron chi connectivity index (χ3n) is 3.84. The van der Waals surface area contributed by atoms with E-state index >= 15 is 0 Å². The number of rotatable bonds is 6. The summed E-state index contributed by atoms with van der Waals surface area (Å²) in [5.41, 5.74) is 2.21. The first-order valence-corrected chi connectivity index (χ1v) is 7.39. The molecule has 106 valence electrons. The molecule has 0 spiro atoms. The van der Waals surface area contributed by atoms with Gasteiger partial charge in [-0.1, -0.05) is 0 Å². The Kier molecular flexibility index (Phi) is 5.45. The van der Waals surface area contributed by atoms with Crippen molar-refractivity contribution in [1.29, 1.82) is 0 Å². The first-order chi connectivity index (χ1) is 9.28. The van der Waals surface area contributed by atoms with E-state index in [1.54, 1.807) is 0 Å². The van der Waals surface area contributed by atoms with Crippen LogP contribution in [0.3, 0.4) is 0 Å². The Morgan fingerprint density at radius 3 is 2.58 bits per heavy atom. The summed E-state index contributed by atoms with van der Waals surface area (Å²) >= 11 is 0. The standard InChI is InChI=1S/C15H26N4/c1-3-17-14-10-15(12-16-11-14)18-7-4-13-5-8-19(2)9-6-13/h10-13,17-18H,3-9H2,1-2H3. The second-order valence-corrected chi connectivity index (χ2v) is 5.45. The van der Waals surface area contributed by atoms with E-state index in [9.17, 15) is 0 Å². The van der Waals surface area contributed by atoms with E-state index < -0.39 is 0 Å². The molecule has 2 N–H and O–H groups in total. The lowest BCUT2D eigenvalue weighted by atomic mass is 9.94. The van der Waals surface area contributed by atoms with E-state index in [-0.39, 0.29) is 0 Å². The summed E-state index contributed by atoms with van der Waals surface area (Å²) in [6.45, 7) is 6.58. The van der Waals surface area contributed by atoms with Crippen LogP contribution < -0.4 is 10.6 Å². The average molecular weight is 262 g/mol. The lowest BCUT2D eigenvalue weighted by Gasteiger charge is -2.28. The van der Waals surface area contributed by atoms with Gasteiger partial charge in [0.15, 0.2) is 0 Å². The van der Waals surface area contributed by atoms with Crippen molar-refractivity contribution in [2.24, 2.45) is 5.92 Å². The van der Waals surface area contributed by atoms with Gasteiger partial charge >= 0.3 is 0 Å². The fraction of sp³-hybridized carbons (Fsp3) is 0.667. The number of likely N-dealkylation sites (tertiary alicyclic amines) is 1. The van der Waals surface area contributed by atoms with E-state index in [2.05, 4.69) is 40.6 Å². The fourth-order valence-corrected chi connectivity index (χ4v) is 2.61. The summed E-state index contributed by atoms with van der Waals surface area (Å²) in [7, 11) is 2.21. The Hall–Kier alpha value is -1.29. The van der Waals surface area contributed by atoms with Crippen LogP contribution in [0.15, 0.2) is 18.5 Å². The molecule has 0 amide bonds. The Balaban J connectivity index is 1.71. The maximum Gasteiger partial charge on any atom is 0.0547 e. The average Bonchev–Trinajstić information content (AvgIpc) is 2.42. The van der Waals surface area contributed by atoms with Gasteiger partial charge in [-0.2, -0.15) is 0 Å². The zero-order valence-electron chi connectivity index (χ0n) is 12.2. The highest BCUT2D eigenvalue weighted by Gasteiger charge is 2.15. The molecule has 0 unspecified atom stereocenters. The predicted octanol–water partition coefficient (Wildman–Crippen LogP) is 2.66. The molecule has 2 heterocycles. The molecule has 1 fully saturated rings. The van der Waals surface area contributed by atoms with E-state index in [0.717, 1.165) is 30.4 Å². The first kappa shape index (κ1) is 14.1. The molecule has 4 nitrogen and oxygen atoms in total. The summed E-state index contributed by atoms with van der Waals surface area (Å²) in [4.78, 5) is 6.67. The largest absolute Gasteiger partial charge is 0.384 e. The molecule has 0 aromatic carbocycles. The third-order valence-corrected chi connectivity index (χ3v) is 3.84. The van der Waals surface area contributed by atoms with Gasteiger partial charge in [-0.25, -0.2) is 0 Å². The topological polar surface area (TPSA) is 40.2 Å². The molecule has 1 aliphatic heterocycles. The summed E-state index contributed by atoms with van der Waals surface area (Å²) in [6, 6.07) is 2.13. The van der Waals surface area contributed by atoms with Gasteiger partial charge < -0.3 is 15.5 Å². The molecule has 19 heavy (non-hydrogen) atoms. The molecule has 1 saturated heterocycles. The minimum Gasteiger partial charge on any atom is -0.384 e. The van der Waals surface area contributed by atoms with Gasteiger partial charge in [0.1, 0.15) is 0 Å². The molecule has 4 heteroatoms. The number of hydrogen-bond acceptors (Lipinski definition) is 4. The summed E-state index contributed by atoms with van der Waals surface area (Å²) in [6.07, 6.45) is 7.71. The molecular weight excluding hydrogens is 236 g/mol. The van der Waals surface area contributed by atoms with Gasteiger partial charge in [-0.15, -0.1) is 0 Å². The molecule has 0 atom stereocenters. The van der Waals surface area contributed by atoms with Gasteiger partial charge in [0, 0.05) is 13.1 Å². The number of anilines is 2. The summed E-state index contributed by atoms with van der Waals surface area (Å²) < 4.78 is 0. The lowest BCUT2D eigenvalue weighted by molar-refractivity contribution is 0.215. The molecule has 0 bridgehead atoms. The van der Waals surface area contributed by atoms with Crippen molar-refractivity contribution in [2.45, 2.75) is 26.2 Å². The fourth-order valence-electron chi connectivity index (χ4n) is 2.61. The second kappa shape index (κ2) is 7.34. The van der Waals surface area contributed by atoms with Crippen molar-refractivity contribution in [1.82, 2.24) is 9.88 Å². The second-order valence-electron chi connectivity index (χ2n) is 5.45. The summed E-state index contributed by atoms with van der Waals surface area (Å²) in [5, 5.41) is 6.77. The number of piperidine rings is 1. The molecule has 0 aliphatic carbocycles. The smallest absolute Gasteiger partial charge is 0.0547 e. The maximum absolute atomic E-state index is 4.25. The van der Waals surface area contributed by atoms with E-state index in [1.165, 1.54) is 32.4 Å². The first-order valence-electron chi connectivity index (χ1n) is 7.39. The highest BCUT2D eigenvalue weighted by Crippen LogP contribution is 2.20. The number of aromatic nitrogens is 1. The summed E-state index contributed by atoms with van der Waals surface area (Å²) in [5.74, 6) is 0.883. The Bertz CT molecular complexity index is 372. The van der Waals surface area contributed by atoms with Gasteiger partial charge in [0.05, 0.1) is 23.8 Å².